The van der Waals surface area contributed by atoms with Crippen LogP contribution >= 0.6 is 22.9 Å². The number of nitrogens with zero attached hydrogens (tertiary/aromatic N) is 3. The zero-order valence-corrected chi connectivity index (χ0v) is 18.7. The topological polar surface area (TPSA) is 74.1 Å². The van der Waals surface area contributed by atoms with Crippen molar-refractivity contribution in [1.82, 2.24) is 14.5 Å². The normalized spacial score (nSPS) is 18.4. The average Bonchev–Trinajstić information content (AvgIpc) is 3.12. The number of carbonyl (C=O) groups excluding carboxylic acids is 1. The van der Waals surface area contributed by atoms with E-state index in [1.54, 1.807) is 24.3 Å². The van der Waals surface area contributed by atoms with Crippen molar-refractivity contribution in [1.29, 1.82) is 0 Å². The fourth-order valence-corrected chi connectivity index (χ4v) is 5.03. The van der Waals surface area contributed by atoms with E-state index in [2.05, 4.69) is 18.8 Å². The number of benzene rings is 1. The molecule has 1 aromatic carbocycles. The van der Waals surface area contributed by atoms with Gasteiger partial charge in [0.05, 0.1) is 36.3 Å². The van der Waals surface area contributed by atoms with Gasteiger partial charge in [-0.3, -0.25) is 14.2 Å². The Labute approximate surface area is 187 Å². The van der Waals surface area contributed by atoms with E-state index < -0.39 is 0 Å². The monoisotopic (exact) mass is 453 g/mol. The summed E-state index contributed by atoms with van der Waals surface area (Å²) in [6, 6.07) is 8.67. The fraction of sp³-hybridized carbons (Fsp3) is 0.304. The van der Waals surface area contributed by atoms with E-state index in [-0.39, 0.29) is 23.5 Å². The van der Waals surface area contributed by atoms with Gasteiger partial charge in [0.1, 0.15) is 9.53 Å². The highest BCUT2D eigenvalue weighted by molar-refractivity contribution is 7.25. The molecule has 6 nitrogen and oxygen atoms in total. The molecule has 31 heavy (non-hydrogen) atoms. The molecule has 4 heterocycles. The van der Waals surface area contributed by atoms with Crippen molar-refractivity contribution in [2.24, 2.45) is 0 Å². The van der Waals surface area contributed by atoms with Gasteiger partial charge in [-0.15, -0.1) is 11.3 Å². The van der Waals surface area contributed by atoms with Gasteiger partial charge in [0.25, 0.3) is 5.56 Å². The van der Waals surface area contributed by atoms with Crippen LogP contribution in [0, 0.1) is 0 Å². The van der Waals surface area contributed by atoms with E-state index in [1.165, 1.54) is 22.2 Å². The summed E-state index contributed by atoms with van der Waals surface area (Å²) in [5.74, 6) is -0.175. The lowest BCUT2D eigenvalue weighted by Crippen LogP contribution is -2.35. The summed E-state index contributed by atoms with van der Waals surface area (Å²) in [4.78, 5) is 35.8. The molecule has 1 atom stereocenters. The van der Waals surface area contributed by atoms with Crippen molar-refractivity contribution in [2.75, 3.05) is 0 Å². The van der Waals surface area contributed by atoms with E-state index in [0.717, 1.165) is 34.3 Å². The molecule has 0 radical (unpaired) electrons. The quantitative estimate of drug-likeness (QED) is 0.415. The zero-order chi connectivity index (χ0) is 21.8. The Morgan fingerprint density at radius 2 is 2.10 bits per heavy atom. The second-order valence-corrected chi connectivity index (χ2v) is 9.54. The first kappa shape index (κ1) is 20.3. The maximum atomic E-state index is 13.1. The minimum Gasteiger partial charge on any atom is -0.370 e. The number of halogens is 1. The minimum atomic E-state index is -0.233. The molecule has 4 aromatic rings. The van der Waals surface area contributed by atoms with Gasteiger partial charge in [-0.2, -0.15) is 0 Å². The Kier molecular flexibility index (Phi) is 4.92. The average molecular weight is 454 g/mol. The highest BCUT2D eigenvalue weighted by Gasteiger charge is 2.31. The van der Waals surface area contributed by atoms with E-state index in [9.17, 15) is 9.59 Å². The van der Waals surface area contributed by atoms with Gasteiger partial charge in [-0.1, -0.05) is 18.5 Å². The maximum Gasteiger partial charge on any atom is 0.271 e. The second kappa shape index (κ2) is 7.51. The minimum absolute atomic E-state index is 0.0791. The van der Waals surface area contributed by atoms with E-state index in [1.807, 2.05) is 6.07 Å². The van der Waals surface area contributed by atoms with Gasteiger partial charge in [-0.05, 0) is 43.7 Å². The summed E-state index contributed by atoms with van der Waals surface area (Å²) in [5.41, 5.74) is 2.75. The Morgan fingerprint density at radius 3 is 2.84 bits per heavy atom. The maximum absolute atomic E-state index is 13.1. The molecule has 1 aliphatic rings. The van der Waals surface area contributed by atoms with Crippen LogP contribution in [-0.2, 0) is 24.3 Å². The summed E-state index contributed by atoms with van der Waals surface area (Å²) in [5, 5.41) is 1.41. The summed E-state index contributed by atoms with van der Waals surface area (Å²) in [7, 11) is 0. The lowest BCUT2D eigenvalue weighted by molar-refractivity contribution is -0.0573. The third-order valence-electron chi connectivity index (χ3n) is 5.95. The number of hydrogen-bond acceptors (Lipinski definition) is 6. The van der Waals surface area contributed by atoms with Gasteiger partial charge in [0.15, 0.2) is 5.78 Å². The molecular weight excluding hydrogens is 434 g/mol. The van der Waals surface area contributed by atoms with Gasteiger partial charge < -0.3 is 4.74 Å². The number of rotatable bonds is 4. The number of Topliss-reactive ketones (excluding diaryl/α,β-unsaturated/α-hetero) is 1. The number of ketones is 1. The first-order chi connectivity index (χ1) is 14.9. The van der Waals surface area contributed by atoms with Crippen LogP contribution in [0.4, 0.5) is 0 Å². The summed E-state index contributed by atoms with van der Waals surface area (Å²) in [6.45, 7) is 4.64. The van der Waals surface area contributed by atoms with Crippen molar-refractivity contribution >= 4 is 49.2 Å². The zero-order valence-electron chi connectivity index (χ0n) is 17.1. The van der Waals surface area contributed by atoms with Crippen LogP contribution < -0.4 is 5.56 Å². The largest absolute Gasteiger partial charge is 0.370 e. The standard InChI is InChI=1S/C23H20ClN3O3S/c1-3-23(2)9-17-14(11-30-23)8-16-19-20(31-21(16)26-17)22(29)27(12-25-19)10-18(28)13-4-6-15(24)7-5-13/h4-8,12H,3,9-11H2,1-2H3. The lowest BCUT2D eigenvalue weighted by atomic mass is 9.91. The summed E-state index contributed by atoms with van der Waals surface area (Å²) >= 11 is 7.22. The summed E-state index contributed by atoms with van der Waals surface area (Å²) in [6.07, 6.45) is 3.09. The van der Waals surface area contributed by atoms with Gasteiger partial charge >= 0.3 is 0 Å². The highest BCUT2D eigenvalue weighted by Crippen LogP contribution is 2.35. The van der Waals surface area contributed by atoms with Crippen LogP contribution in [0.15, 0.2) is 41.5 Å². The molecular formula is C23H20ClN3O3S. The molecule has 0 N–H and O–H groups in total. The molecule has 0 fully saturated rings. The van der Waals surface area contributed by atoms with Crippen molar-refractivity contribution in [3.63, 3.8) is 0 Å². The number of aromatic nitrogens is 3. The van der Waals surface area contributed by atoms with Gasteiger partial charge in [0.2, 0.25) is 0 Å². The molecule has 3 aromatic heterocycles. The molecule has 8 heteroatoms. The molecule has 0 spiro atoms. The highest BCUT2D eigenvalue weighted by atomic mass is 35.5. The molecule has 0 saturated heterocycles. The SMILES string of the molecule is CCC1(C)Cc2nc3sc4c(=O)n(CC(=O)c5ccc(Cl)cc5)cnc4c3cc2CO1. The molecule has 0 amide bonds. The molecule has 5 rings (SSSR count). The first-order valence-corrected chi connectivity index (χ1v) is 11.3. The molecule has 0 saturated carbocycles. The Hall–Kier alpha value is -2.61. The number of hydrogen-bond donors (Lipinski definition) is 0. The van der Waals surface area contributed by atoms with Gasteiger partial charge in [-0.25, -0.2) is 9.97 Å². The van der Waals surface area contributed by atoms with Gasteiger partial charge in [0, 0.05) is 28.0 Å². The Bertz CT molecular complexity index is 1390. The predicted molar refractivity (Wildman–Crippen MR) is 122 cm³/mol. The van der Waals surface area contributed by atoms with E-state index in [0.29, 0.717) is 27.4 Å². The number of carbonyl (C=O) groups is 1. The van der Waals surface area contributed by atoms with Crippen LogP contribution in [0.1, 0.15) is 41.9 Å². The third kappa shape index (κ3) is 3.56. The smallest absolute Gasteiger partial charge is 0.271 e. The van der Waals surface area contributed by atoms with E-state index in [4.69, 9.17) is 21.3 Å². The molecule has 158 valence electrons. The van der Waals surface area contributed by atoms with Crippen molar-refractivity contribution in [3.8, 4) is 0 Å². The molecule has 1 unspecified atom stereocenters. The molecule has 0 aliphatic carbocycles. The van der Waals surface area contributed by atoms with Crippen LogP contribution in [-0.4, -0.2) is 25.9 Å². The fourth-order valence-electron chi connectivity index (χ4n) is 3.83. The number of ether oxygens (including phenoxy) is 1. The van der Waals surface area contributed by atoms with Crippen LogP contribution in [0.2, 0.25) is 5.02 Å². The van der Waals surface area contributed by atoms with Crippen LogP contribution in [0.3, 0.4) is 0 Å². The van der Waals surface area contributed by atoms with E-state index >= 15 is 0 Å². The number of fused-ring (bicyclic) bond motifs is 4. The van der Waals surface area contributed by atoms with Crippen molar-refractivity contribution in [2.45, 2.75) is 45.4 Å². The molecule has 0 bridgehead atoms. The first-order valence-electron chi connectivity index (χ1n) is 10.1. The number of pyridine rings is 1. The lowest BCUT2D eigenvalue weighted by Gasteiger charge is -2.33. The van der Waals surface area contributed by atoms with Crippen molar-refractivity contribution in [3.05, 3.63) is 68.9 Å². The molecule has 1 aliphatic heterocycles. The summed E-state index contributed by atoms with van der Waals surface area (Å²) < 4.78 is 7.91. The number of thiophene rings is 1. The third-order valence-corrected chi connectivity index (χ3v) is 7.28. The second-order valence-electron chi connectivity index (χ2n) is 8.10. The Balaban J connectivity index is 1.54. The van der Waals surface area contributed by atoms with Crippen molar-refractivity contribution < 1.29 is 9.53 Å². The van der Waals surface area contributed by atoms with Crippen LogP contribution in [0.25, 0.3) is 20.4 Å². The van der Waals surface area contributed by atoms with Crippen LogP contribution in [0.5, 0.6) is 0 Å². The Morgan fingerprint density at radius 1 is 1.32 bits per heavy atom. The predicted octanol–water partition coefficient (Wildman–Crippen LogP) is 4.78.